The first-order chi connectivity index (χ1) is 17.0. The highest BCUT2D eigenvalue weighted by molar-refractivity contribution is 6.24. The Balaban J connectivity index is 1.35. The SMILES string of the molecule is CC(C)(C)OC(=O)N1CCC(OCC#Cc2cccc3c2C(=O)N(C2CCC(=O)NC2=O)C3=O)CC1. The van der Waals surface area contributed by atoms with Gasteiger partial charge in [-0.15, -0.1) is 0 Å². The normalized spacial score (nSPS) is 20.6. The molecule has 2 saturated heterocycles. The molecule has 3 aliphatic heterocycles. The van der Waals surface area contributed by atoms with E-state index in [-0.39, 0.29) is 42.8 Å². The minimum atomic E-state index is -1.02. The third-order valence-electron chi connectivity index (χ3n) is 6.18. The van der Waals surface area contributed by atoms with E-state index in [1.54, 1.807) is 17.0 Å². The number of ether oxygens (including phenoxy) is 2. The summed E-state index contributed by atoms with van der Waals surface area (Å²) in [5, 5.41) is 2.18. The lowest BCUT2D eigenvalue weighted by Gasteiger charge is -2.33. The first-order valence-corrected chi connectivity index (χ1v) is 12.0. The summed E-state index contributed by atoms with van der Waals surface area (Å²) in [7, 11) is 0. The molecule has 190 valence electrons. The van der Waals surface area contributed by atoms with Crippen LogP contribution >= 0.6 is 0 Å². The largest absolute Gasteiger partial charge is 0.444 e. The molecule has 0 radical (unpaired) electrons. The van der Waals surface area contributed by atoms with E-state index in [0.29, 0.717) is 31.5 Å². The molecule has 10 heteroatoms. The van der Waals surface area contributed by atoms with Crippen molar-refractivity contribution in [2.45, 2.75) is 64.2 Å². The first kappa shape index (κ1) is 25.4. The molecule has 2 fully saturated rings. The Morgan fingerprint density at radius 3 is 2.47 bits per heavy atom. The smallest absolute Gasteiger partial charge is 0.410 e. The molecule has 1 aromatic rings. The van der Waals surface area contributed by atoms with Gasteiger partial charge in [-0.3, -0.25) is 29.4 Å². The van der Waals surface area contributed by atoms with Gasteiger partial charge in [0.15, 0.2) is 0 Å². The van der Waals surface area contributed by atoms with Crippen molar-refractivity contribution >= 4 is 29.7 Å². The van der Waals surface area contributed by atoms with E-state index in [4.69, 9.17) is 9.47 Å². The van der Waals surface area contributed by atoms with Crippen molar-refractivity contribution in [2.24, 2.45) is 0 Å². The van der Waals surface area contributed by atoms with Crippen LogP contribution in [0.5, 0.6) is 0 Å². The number of amides is 5. The van der Waals surface area contributed by atoms with Crippen molar-refractivity contribution in [1.29, 1.82) is 0 Å². The summed E-state index contributed by atoms with van der Waals surface area (Å²) in [6, 6.07) is 3.78. The van der Waals surface area contributed by atoms with E-state index >= 15 is 0 Å². The fourth-order valence-electron chi connectivity index (χ4n) is 4.44. The molecule has 0 bridgehead atoms. The van der Waals surface area contributed by atoms with E-state index in [0.717, 1.165) is 4.90 Å². The molecular weight excluding hydrogens is 466 g/mol. The van der Waals surface area contributed by atoms with Gasteiger partial charge >= 0.3 is 6.09 Å². The zero-order valence-electron chi connectivity index (χ0n) is 20.6. The molecule has 36 heavy (non-hydrogen) atoms. The number of hydrogen-bond acceptors (Lipinski definition) is 7. The highest BCUT2D eigenvalue weighted by Gasteiger charge is 2.45. The van der Waals surface area contributed by atoms with Crippen LogP contribution in [0.2, 0.25) is 0 Å². The van der Waals surface area contributed by atoms with E-state index in [1.165, 1.54) is 6.07 Å². The average molecular weight is 496 g/mol. The van der Waals surface area contributed by atoms with Crippen molar-refractivity contribution in [1.82, 2.24) is 15.1 Å². The van der Waals surface area contributed by atoms with Gasteiger partial charge in [-0.25, -0.2) is 4.79 Å². The summed E-state index contributed by atoms with van der Waals surface area (Å²) >= 11 is 0. The third-order valence-corrected chi connectivity index (χ3v) is 6.18. The molecule has 5 amide bonds. The standard InChI is InChI=1S/C26H29N3O7/c1-26(2,3)36-25(34)28-13-11-17(12-14-28)35-15-5-7-16-6-4-8-18-21(16)24(33)29(23(18)32)19-9-10-20(30)27-22(19)31/h4,6,8,17,19H,9-15H2,1-3H3,(H,27,30,31). The van der Waals surface area contributed by atoms with Crippen LogP contribution < -0.4 is 5.32 Å². The first-order valence-electron chi connectivity index (χ1n) is 12.0. The number of carbonyl (C=O) groups is 5. The van der Waals surface area contributed by atoms with Gasteiger partial charge in [0.05, 0.1) is 17.2 Å². The second-order valence-corrected chi connectivity index (χ2v) is 9.95. The topological polar surface area (TPSA) is 122 Å². The van der Waals surface area contributed by atoms with Crippen molar-refractivity contribution in [2.75, 3.05) is 19.7 Å². The van der Waals surface area contributed by atoms with Crippen LogP contribution in [0, 0.1) is 11.8 Å². The highest BCUT2D eigenvalue weighted by Crippen LogP contribution is 2.29. The number of hydrogen-bond donors (Lipinski definition) is 1. The summed E-state index contributed by atoms with van der Waals surface area (Å²) in [5.41, 5.74) is 0.184. The number of imide groups is 2. The Bertz CT molecular complexity index is 1170. The summed E-state index contributed by atoms with van der Waals surface area (Å²) in [6.07, 6.45) is 1.10. The molecule has 1 unspecified atom stereocenters. The molecule has 0 spiro atoms. The zero-order chi connectivity index (χ0) is 26.0. The van der Waals surface area contributed by atoms with Crippen LogP contribution in [0.15, 0.2) is 18.2 Å². The number of nitrogens with one attached hydrogen (secondary N) is 1. The van der Waals surface area contributed by atoms with Crippen LogP contribution in [-0.4, -0.2) is 77.0 Å². The molecule has 4 rings (SSSR count). The van der Waals surface area contributed by atoms with Gasteiger partial charge in [-0.1, -0.05) is 17.9 Å². The number of rotatable bonds is 3. The minimum absolute atomic E-state index is 0.0503. The van der Waals surface area contributed by atoms with E-state index in [2.05, 4.69) is 17.2 Å². The number of likely N-dealkylation sites (tertiary alicyclic amines) is 1. The molecular formula is C26H29N3O7. The second-order valence-electron chi connectivity index (χ2n) is 9.95. The molecule has 3 heterocycles. The Morgan fingerprint density at radius 2 is 1.81 bits per heavy atom. The quantitative estimate of drug-likeness (QED) is 0.502. The second kappa shape index (κ2) is 10.1. The van der Waals surface area contributed by atoms with Crippen LogP contribution in [0.3, 0.4) is 0 Å². The lowest BCUT2D eigenvalue weighted by atomic mass is 10.0. The predicted octanol–water partition coefficient (Wildman–Crippen LogP) is 1.86. The van der Waals surface area contributed by atoms with E-state index in [1.807, 2.05) is 20.8 Å². The summed E-state index contributed by atoms with van der Waals surface area (Å²) in [4.78, 5) is 64.5. The maximum Gasteiger partial charge on any atom is 0.410 e. The Morgan fingerprint density at radius 1 is 1.08 bits per heavy atom. The summed E-state index contributed by atoms with van der Waals surface area (Å²) in [5.74, 6) is 3.59. The molecule has 1 N–H and O–H groups in total. The third kappa shape index (κ3) is 5.41. The number of nitrogens with zero attached hydrogens (tertiary/aromatic N) is 2. The highest BCUT2D eigenvalue weighted by atomic mass is 16.6. The van der Waals surface area contributed by atoms with Gasteiger partial charge < -0.3 is 14.4 Å². The van der Waals surface area contributed by atoms with Crippen LogP contribution in [0.4, 0.5) is 4.79 Å². The van der Waals surface area contributed by atoms with E-state index in [9.17, 15) is 24.0 Å². The average Bonchev–Trinajstić information content (AvgIpc) is 3.07. The fourth-order valence-corrected chi connectivity index (χ4v) is 4.44. The number of piperidine rings is 2. The minimum Gasteiger partial charge on any atom is -0.444 e. The van der Waals surface area contributed by atoms with Crippen LogP contribution in [0.1, 0.15) is 72.7 Å². The predicted molar refractivity (Wildman–Crippen MR) is 127 cm³/mol. The lowest BCUT2D eigenvalue weighted by molar-refractivity contribution is -0.136. The van der Waals surface area contributed by atoms with Crippen LogP contribution in [0.25, 0.3) is 0 Å². The molecule has 0 aromatic heterocycles. The van der Waals surface area contributed by atoms with Crippen molar-refractivity contribution in [3.8, 4) is 11.8 Å². The monoisotopic (exact) mass is 495 g/mol. The van der Waals surface area contributed by atoms with Crippen molar-refractivity contribution in [3.63, 3.8) is 0 Å². The maximum absolute atomic E-state index is 13.1. The molecule has 1 atom stereocenters. The molecule has 1 aromatic carbocycles. The maximum atomic E-state index is 13.1. The zero-order valence-corrected chi connectivity index (χ0v) is 20.6. The Hall–Kier alpha value is -3.71. The lowest BCUT2D eigenvalue weighted by Crippen LogP contribution is -2.54. The van der Waals surface area contributed by atoms with Gasteiger partial charge in [0.1, 0.15) is 18.2 Å². The van der Waals surface area contributed by atoms with Crippen LogP contribution in [-0.2, 0) is 19.1 Å². The number of benzene rings is 1. The summed E-state index contributed by atoms with van der Waals surface area (Å²) in [6.45, 7) is 6.68. The van der Waals surface area contributed by atoms with Crippen molar-refractivity contribution in [3.05, 3.63) is 34.9 Å². The van der Waals surface area contributed by atoms with Gasteiger partial charge in [-0.05, 0) is 52.2 Å². The number of carbonyl (C=O) groups excluding carboxylic acids is 5. The molecule has 3 aliphatic rings. The fraction of sp³-hybridized carbons (Fsp3) is 0.500. The molecule has 0 aliphatic carbocycles. The summed E-state index contributed by atoms with van der Waals surface area (Å²) < 4.78 is 11.2. The van der Waals surface area contributed by atoms with E-state index < -0.39 is 35.3 Å². The van der Waals surface area contributed by atoms with Gasteiger partial charge in [0, 0.05) is 25.1 Å². The van der Waals surface area contributed by atoms with Gasteiger partial charge in [0.2, 0.25) is 11.8 Å². The molecule has 0 saturated carbocycles. The number of fused-ring (bicyclic) bond motifs is 1. The van der Waals surface area contributed by atoms with Crippen molar-refractivity contribution < 1.29 is 33.4 Å². The van der Waals surface area contributed by atoms with Gasteiger partial charge in [0.25, 0.3) is 11.8 Å². The Kier molecular flexibility index (Phi) is 7.13. The van der Waals surface area contributed by atoms with Gasteiger partial charge in [-0.2, -0.15) is 0 Å². The molecule has 10 nitrogen and oxygen atoms in total. The Labute approximate surface area is 209 Å².